The van der Waals surface area contributed by atoms with Gasteiger partial charge >= 0.3 is 0 Å². The van der Waals surface area contributed by atoms with Crippen molar-refractivity contribution in [2.75, 3.05) is 15.8 Å². The lowest BCUT2D eigenvalue weighted by Gasteiger charge is -2.13. The van der Waals surface area contributed by atoms with E-state index in [0.717, 1.165) is 22.4 Å². The molecule has 0 aliphatic heterocycles. The summed E-state index contributed by atoms with van der Waals surface area (Å²) in [6.07, 6.45) is 3.02. The molecule has 0 aliphatic carbocycles. The first-order valence-electron chi connectivity index (χ1n) is 12.8. The molecule has 0 saturated heterocycles. The summed E-state index contributed by atoms with van der Waals surface area (Å²) >= 11 is 1.34. The number of thioether (sulfide) groups is 1. The number of aromatic nitrogens is 3. The molecule has 0 radical (unpaired) electrons. The van der Waals surface area contributed by atoms with E-state index in [-0.39, 0.29) is 23.2 Å². The summed E-state index contributed by atoms with van der Waals surface area (Å²) in [5, 5.41) is 13.4. The predicted octanol–water partition coefficient (Wildman–Crippen LogP) is 6.00. The van der Waals surface area contributed by atoms with E-state index in [0.29, 0.717) is 22.0 Å². The molecule has 1 amide bonds. The van der Waals surface area contributed by atoms with E-state index in [4.69, 9.17) is 4.98 Å². The molecule has 0 saturated carbocycles. The molecule has 5 aromatic rings. The number of amides is 1. The second-order valence-electron chi connectivity index (χ2n) is 8.93. The standard InChI is InChI=1S/C31H24N6O3S2/c32-21-27-26(22-8-3-1-4-9-22)20-28(23-10-5-2-6-11-23)36-30(27)41-19-16-29(38)35-24-12-14-25(15-13-24)42(39,40)37-31-33-17-7-18-34-31/h1-15,17-18,20H,16,19H2,(H,35,38)(H,33,34,37). The van der Waals surface area contributed by atoms with Gasteiger partial charge in [0.1, 0.15) is 11.1 Å². The highest BCUT2D eigenvalue weighted by molar-refractivity contribution is 7.99. The number of sulfonamides is 1. The second-order valence-corrected chi connectivity index (χ2v) is 11.7. The van der Waals surface area contributed by atoms with E-state index >= 15 is 0 Å². The van der Waals surface area contributed by atoms with Crippen LogP contribution in [0.15, 0.2) is 119 Å². The summed E-state index contributed by atoms with van der Waals surface area (Å²) in [5.41, 5.74) is 4.26. The first-order valence-corrected chi connectivity index (χ1v) is 15.3. The summed E-state index contributed by atoms with van der Waals surface area (Å²) in [6, 6.07) is 31.0. The molecule has 11 heteroatoms. The van der Waals surface area contributed by atoms with E-state index in [9.17, 15) is 18.5 Å². The highest BCUT2D eigenvalue weighted by atomic mass is 32.2. The van der Waals surface area contributed by atoms with Crippen molar-refractivity contribution in [1.29, 1.82) is 5.26 Å². The zero-order chi connectivity index (χ0) is 29.4. The fraction of sp³-hybridized carbons (Fsp3) is 0.0645. The maximum absolute atomic E-state index is 12.7. The summed E-state index contributed by atoms with van der Waals surface area (Å²) < 4.78 is 27.5. The molecule has 5 rings (SSSR count). The van der Waals surface area contributed by atoms with E-state index < -0.39 is 10.0 Å². The number of hydrogen-bond acceptors (Lipinski definition) is 8. The van der Waals surface area contributed by atoms with Crippen LogP contribution < -0.4 is 10.0 Å². The van der Waals surface area contributed by atoms with Crippen molar-refractivity contribution in [1.82, 2.24) is 15.0 Å². The molecule has 0 unspecified atom stereocenters. The molecule has 2 heterocycles. The minimum atomic E-state index is -3.88. The second kappa shape index (κ2) is 13.1. The molecule has 0 fully saturated rings. The van der Waals surface area contributed by atoms with Crippen molar-refractivity contribution in [3.05, 3.63) is 115 Å². The van der Waals surface area contributed by atoms with Gasteiger partial charge in [-0.15, -0.1) is 11.8 Å². The number of anilines is 2. The fourth-order valence-electron chi connectivity index (χ4n) is 4.05. The molecule has 0 atom stereocenters. The third-order valence-electron chi connectivity index (χ3n) is 6.06. The Labute approximate surface area is 247 Å². The van der Waals surface area contributed by atoms with Crippen molar-refractivity contribution in [2.24, 2.45) is 0 Å². The van der Waals surface area contributed by atoms with Crippen LogP contribution in [0.4, 0.5) is 11.6 Å². The molecular formula is C31H24N6O3S2. The maximum Gasteiger partial charge on any atom is 0.264 e. The van der Waals surface area contributed by atoms with E-state index in [1.165, 1.54) is 48.4 Å². The normalized spacial score (nSPS) is 10.9. The van der Waals surface area contributed by atoms with Crippen LogP contribution in [0, 0.1) is 11.3 Å². The third kappa shape index (κ3) is 6.98. The number of hydrogen-bond donors (Lipinski definition) is 2. The first kappa shape index (κ1) is 28.5. The third-order valence-corrected chi connectivity index (χ3v) is 8.38. The first-order chi connectivity index (χ1) is 20.4. The summed E-state index contributed by atoms with van der Waals surface area (Å²) in [7, 11) is -3.88. The van der Waals surface area contributed by atoms with E-state index in [2.05, 4.69) is 26.1 Å². The average molecular weight is 593 g/mol. The van der Waals surface area contributed by atoms with Crippen LogP contribution in [0.3, 0.4) is 0 Å². The number of carbonyl (C=O) groups excluding carboxylic acids is 1. The summed E-state index contributed by atoms with van der Waals surface area (Å²) in [4.78, 5) is 25.2. The van der Waals surface area contributed by atoms with Crippen LogP contribution >= 0.6 is 11.8 Å². The van der Waals surface area contributed by atoms with Crippen molar-refractivity contribution >= 4 is 39.3 Å². The molecule has 3 aromatic carbocycles. The van der Waals surface area contributed by atoms with Gasteiger partial charge in [0.2, 0.25) is 11.9 Å². The van der Waals surface area contributed by atoms with Crippen molar-refractivity contribution in [2.45, 2.75) is 16.3 Å². The summed E-state index contributed by atoms with van der Waals surface area (Å²) in [5.74, 6) is 0.0921. The van der Waals surface area contributed by atoms with E-state index in [1.54, 1.807) is 6.07 Å². The van der Waals surface area contributed by atoms with Crippen LogP contribution in [0.25, 0.3) is 22.4 Å². The van der Waals surface area contributed by atoms with Gasteiger partial charge in [0.05, 0.1) is 16.2 Å². The SMILES string of the molecule is N#Cc1c(-c2ccccc2)cc(-c2ccccc2)nc1SCCC(=O)Nc1ccc(S(=O)(=O)Nc2ncccn2)cc1. The molecule has 2 N–H and O–H groups in total. The van der Waals surface area contributed by atoms with Crippen LogP contribution in [0.1, 0.15) is 12.0 Å². The van der Waals surface area contributed by atoms with E-state index in [1.807, 2.05) is 66.7 Å². The zero-order valence-corrected chi connectivity index (χ0v) is 23.8. The number of nitrogens with zero attached hydrogens (tertiary/aromatic N) is 4. The molecule has 42 heavy (non-hydrogen) atoms. The Kier molecular flexibility index (Phi) is 8.87. The minimum absolute atomic E-state index is 0.00568. The number of rotatable bonds is 10. The number of nitriles is 1. The van der Waals surface area contributed by atoms with Crippen LogP contribution in [-0.4, -0.2) is 35.0 Å². The largest absolute Gasteiger partial charge is 0.326 e. The molecule has 0 spiro atoms. The van der Waals surface area contributed by atoms with Crippen LogP contribution in [0.2, 0.25) is 0 Å². The Morgan fingerprint density at radius 1 is 0.857 bits per heavy atom. The molecule has 0 bridgehead atoms. The van der Waals surface area contributed by atoms with Gasteiger partial charge < -0.3 is 5.32 Å². The molecule has 208 valence electrons. The number of carbonyl (C=O) groups is 1. The van der Waals surface area contributed by atoms with Gasteiger partial charge in [0.15, 0.2) is 0 Å². The Bertz CT molecular complexity index is 1830. The smallest absolute Gasteiger partial charge is 0.264 e. The van der Waals surface area contributed by atoms with Crippen LogP contribution in [0.5, 0.6) is 0 Å². The topological polar surface area (TPSA) is 138 Å². The Hall–Kier alpha value is -5.05. The van der Waals surface area contributed by atoms with Crippen molar-refractivity contribution < 1.29 is 13.2 Å². The Morgan fingerprint density at radius 2 is 1.50 bits per heavy atom. The number of nitrogens with one attached hydrogen (secondary N) is 2. The maximum atomic E-state index is 12.7. The Balaban J connectivity index is 1.26. The molecule has 9 nitrogen and oxygen atoms in total. The lowest BCUT2D eigenvalue weighted by Crippen LogP contribution is -2.15. The van der Waals surface area contributed by atoms with Gasteiger partial charge in [-0.1, -0.05) is 60.7 Å². The molecule has 0 aliphatic rings. The van der Waals surface area contributed by atoms with Gasteiger partial charge in [-0.2, -0.15) is 5.26 Å². The lowest BCUT2D eigenvalue weighted by atomic mass is 9.99. The highest BCUT2D eigenvalue weighted by Gasteiger charge is 2.17. The predicted molar refractivity (Wildman–Crippen MR) is 163 cm³/mol. The summed E-state index contributed by atoms with van der Waals surface area (Å²) in [6.45, 7) is 0. The molecule has 2 aromatic heterocycles. The van der Waals surface area contributed by atoms with Gasteiger partial charge in [-0.25, -0.2) is 28.1 Å². The fourth-order valence-corrected chi connectivity index (χ4v) is 5.95. The average Bonchev–Trinajstić information content (AvgIpc) is 3.02. The van der Waals surface area contributed by atoms with Gasteiger partial charge in [-0.05, 0) is 42.0 Å². The Morgan fingerprint density at radius 3 is 2.14 bits per heavy atom. The highest BCUT2D eigenvalue weighted by Crippen LogP contribution is 2.34. The number of pyridine rings is 1. The van der Waals surface area contributed by atoms with Crippen molar-refractivity contribution in [3.8, 4) is 28.5 Å². The van der Waals surface area contributed by atoms with Crippen molar-refractivity contribution in [3.63, 3.8) is 0 Å². The van der Waals surface area contributed by atoms with Gasteiger partial charge in [0, 0.05) is 41.4 Å². The van der Waals surface area contributed by atoms with Gasteiger partial charge in [0.25, 0.3) is 10.0 Å². The van der Waals surface area contributed by atoms with Gasteiger partial charge in [-0.3, -0.25) is 4.79 Å². The van der Waals surface area contributed by atoms with Crippen LogP contribution in [-0.2, 0) is 14.8 Å². The molecular weight excluding hydrogens is 569 g/mol. The minimum Gasteiger partial charge on any atom is -0.326 e. The number of benzene rings is 3. The zero-order valence-electron chi connectivity index (χ0n) is 22.1. The lowest BCUT2D eigenvalue weighted by molar-refractivity contribution is -0.115. The quantitative estimate of drug-likeness (QED) is 0.188. The monoisotopic (exact) mass is 592 g/mol.